The molecule has 0 saturated heterocycles. The smallest absolute Gasteiger partial charge is 0.311 e. The van der Waals surface area contributed by atoms with E-state index in [1.807, 2.05) is 0 Å². The lowest BCUT2D eigenvalue weighted by Crippen LogP contribution is -2.01. The van der Waals surface area contributed by atoms with Crippen LogP contribution in [0.3, 0.4) is 0 Å². The van der Waals surface area contributed by atoms with Gasteiger partial charge in [-0.25, -0.2) is 0 Å². The van der Waals surface area contributed by atoms with Crippen molar-refractivity contribution in [3.63, 3.8) is 0 Å². The standard InChI is InChI=1S/C19H18N2O7/c1-24-11-27-19-9-13-14(10-18(19)26-3)20-7-6-16(13)28-12-4-5-15(21(22)23)17(8-12)25-2/h4-10H,11H2,1-3H3. The number of nitro benzene ring substituents is 1. The zero-order valence-corrected chi connectivity index (χ0v) is 15.5. The van der Waals surface area contributed by atoms with Crippen LogP contribution in [-0.2, 0) is 4.74 Å². The largest absolute Gasteiger partial charge is 0.493 e. The molecule has 0 N–H and O–H groups in total. The molecule has 9 heteroatoms. The van der Waals surface area contributed by atoms with Gasteiger partial charge in [-0.1, -0.05) is 0 Å². The monoisotopic (exact) mass is 386 g/mol. The SMILES string of the molecule is COCOc1cc2c(Oc3ccc([N+](=O)[O-])c(OC)c3)ccnc2cc1OC. The van der Waals surface area contributed by atoms with E-state index in [9.17, 15) is 10.1 Å². The van der Waals surface area contributed by atoms with Gasteiger partial charge in [0.25, 0.3) is 0 Å². The summed E-state index contributed by atoms with van der Waals surface area (Å²) in [6.45, 7) is 0.0534. The molecule has 3 aromatic rings. The van der Waals surface area contributed by atoms with Crippen LogP contribution in [0.1, 0.15) is 0 Å². The average molecular weight is 386 g/mol. The minimum Gasteiger partial charge on any atom is -0.493 e. The molecule has 0 fully saturated rings. The van der Waals surface area contributed by atoms with E-state index in [0.29, 0.717) is 33.9 Å². The van der Waals surface area contributed by atoms with Gasteiger partial charge >= 0.3 is 5.69 Å². The topological polar surface area (TPSA) is 102 Å². The number of hydrogen-bond acceptors (Lipinski definition) is 8. The molecule has 0 aliphatic rings. The van der Waals surface area contributed by atoms with E-state index in [-0.39, 0.29) is 18.2 Å². The third-order valence-electron chi connectivity index (χ3n) is 3.89. The normalized spacial score (nSPS) is 10.5. The molecule has 0 atom stereocenters. The summed E-state index contributed by atoms with van der Waals surface area (Å²) >= 11 is 0. The minimum atomic E-state index is -0.518. The highest BCUT2D eigenvalue weighted by atomic mass is 16.7. The van der Waals surface area contributed by atoms with Gasteiger partial charge in [-0.2, -0.15) is 0 Å². The van der Waals surface area contributed by atoms with Crippen molar-refractivity contribution in [2.24, 2.45) is 0 Å². The van der Waals surface area contributed by atoms with Gasteiger partial charge in [-0.3, -0.25) is 15.1 Å². The molecule has 2 aromatic carbocycles. The minimum absolute atomic E-state index is 0.0534. The lowest BCUT2D eigenvalue weighted by molar-refractivity contribution is -0.385. The number of nitrogens with zero attached hydrogens (tertiary/aromatic N) is 2. The Bertz CT molecular complexity index is 1010. The van der Waals surface area contributed by atoms with Crippen LogP contribution < -0.4 is 18.9 Å². The Hall–Kier alpha value is -3.59. The van der Waals surface area contributed by atoms with E-state index in [4.69, 9.17) is 23.7 Å². The first kappa shape index (κ1) is 19.2. The van der Waals surface area contributed by atoms with Gasteiger partial charge in [0.05, 0.1) is 24.7 Å². The molecule has 3 rings (SSSR count). The maximum absolute atomic E-state index is 11.0. The first-order chi connectivity index (χ1) is 13.6. The van der Waals surface area contributed by atoms with Crippen molar-refractivity contribution in [3.8, 4) is 28.7 Å². The van der Waals surface area contributed by atoms with E-state index in [2.05, 4.69) is 4.98 Å². The van der Waals surface area contributed by atoms with Crippen molar-refractivity contribution in [2.75, 3.05) is 28.1 Å². The summed E-state index contributed by atoms with van der Waals surface area (Å²) in [5.74, 6) is 1.95. The van der Waals surface area contributed by atoms with Gasteiger partial charge < -0.3 is 23.7 Å². The Labute approximate surface area is 160 Å². The molecule has 1 aromatic heterocycles. The van der Waals surface area contributed by atoms with Crippen molar-refractivity contribution in [1.29, 1.82) is 0 Å². The number of methoxy groups -OCH3 is 3. The van der Waals surface area contributed by atoms with Gasteiger partial charge in [-0.05, 0) is 18.2 Å². The summed E-state index contributed by atoms with van der Waals surface area (Å²) in [5, 5.41) is 11.7. The van der Waals surface area contributed by atoms with E-state index >= 15 is 0 Å². The Morgan fingerprint density at radius 3 is 2.43 bits per heavy atom. The second-order valence-corrected chi connectivity index (χ2v) is 5.57. The number of benzene rings is 2. The highest BCUT2D eigenvalue weighted by molar-refractivity contribution is 5.88. The average Bonchev–Trinajstić information content (AvgIpc) is 2.71. The number of rotatable bonds is 8. The number of aromatic nitrogens is 1. The van der Waals surface area contributed by atoms with Crippen LogP contribution in [0.5, 0.6) is 28.7 Å². The number of nitro groups is 1. The van der Waals surface area contributed by atoms with Crippen LogP contribution in [-0.4, -0.2) is 38.0 Å². The van der Waals surface area contributed by atoms with Crippen LogP contribution >= 0.6 is 0 Å². The molecule has 28 heavy (non-hydrogen) atoms. The third kappa shape index (κ3) is 3.89. The maximum atomic E-state index is 11.0. The van der Waals surface area contributed by atoms with E-state index in [1.54, 1.807) is 24.4 Å². The highest BCUT2D eigenvalue weighted by Gasteiger charge is 2.17. The molecule has 9 nitrogen and oxygen atoms in total. The molecule has 0 spiro atoms. The molecule has 0 bridgehead atoms. The van der Waals surface area contributed by atoms with Crippen molar-refractivity contribution in [3.05, 3.63) is 52.7 Å². The number of fused-ring (bicyclic) bond motifs is 1. The Kier molecular flexibility index (Phi) is 5.75. The second-order valence-electron chi connectivity index (χ2n) is 5.57. The van der Waals surface area contributed by atoms with Gasteiger partial charge in [-0.15, -0.1) is 0 Å². The lowest BCUT2D eigenvalue weighted by Gasteiger charge is -2.14. The van der Waals surface area contributed by atoms with Crippen molar-refractivity contribution in [1.82, 2.24) is 4.98 Å². The Morgan fingerprint density at radius 1 is 0.964 bits per heavy atom. The molecule has 0 amide bonds. The fourth-order valence-corrected chi connectivity index (χ4v) is 2.61. The first-order valence-electron chi connectivity index (χ1n) is 8.16. The zero-order valence-electron chi connectivity index (χ0n) is 15.5. The number of hydrogen-bond donors (Lipinski definition) is 0. The summed E-state index contributed by atoms with van der Waals surface area (Å²) in [6.07, 6.45) is 1.59. The van der Waals surface area contributed by atoms with E-state index in [0.717, 1.165) is 0 Å². The van der Waals surface area contributed by atoms with Crippen molar-refractivity contribution >= 4 is 16.6 Å². The molecular weight excluding hydrogens is 368 g/mol. The molecule has 0 aliphatic heterocycles. The van der Waals surface area contributed by atoms with Gasteiger partial charge in [0.15, 0.2) is 18.3 Å². The van der Waals surface area contributed by atoms with Gasteiger partial charge in [0.1, 0.15) is 11.5 Å². The number of pyridine rings is 1. The molecule has 0 unspecified atom stereocenters. The zero-order chi connectivity index (χ0) is 20.1. The molecule has 0 aliphatic carbocycles. The fraction of sp³-hybridized carbons (Fsp3) is 0.211. The quantitative estimate of drug-likeness (QED) is 0.326. The Balaban J connectivity index is 2.02. The molecule has 0 saturated carbocycles. The predicted octanol–water partition coefficient (Wildman–Crippen LogP) is 3.94. The van der Waals surface area contributed by atoms with E-state index < -0.39 is 4.92 Å². The summed E-state index contributed by atoms with van der Waals surface area (Å²) in [7, 11) is 4.41. The van der Waals surface area contributed by atoms with Crippen LogP contribution in [0.15, 0.2) is 42.6 Å². The van der Waals surface area contributed by atoms with Gasteiger partial charge in [0, 0.05) is 36.9 Å². The molecule has 0 radical (unpaired) electrons. The molecular formula is C19H18N2O7. The van der Waals surface area contributed by atoms with Crippen LogP contribution in [0, 0.1) is 10.1 Å². The third-order valence-corrected chi connectivity index (χ3v) is 3.89. The first-order valence-corrected chi connectivity index (χ1v) is 8.16. The van der Waals surface area contributed by atoms with Crippen molar-refractivity contribution < 1.29 is 28.6 Å². The van der Waals surface area contributed by atoms with Crippen LogP contribution in [0.25, 0.3) is 10.9 Å². The van der Waals surface area contributed by atoms with Crippen molar-refractivity contribution in [2.45, 2.75) is 0 Å². The summed E-state index contributed by atoms with van der Waals surface area (Å²) in [5.41, 5.74) is 0.488. The molecule has 1 heterocycles. The summed E-state index contributed by atoms with van der Waals surface area (Å²) < 4.78 is 26.8. The Morgan fingerprint density at radius 2 is 1.75 bits per heavy atom. The van der Waals surface area contributed by atoms with E-state index in [1.165, 1.54) is 39.5 Å². The second kappa shape index (κ2) is 8.40. The fourth-order valence-electron chi connectivity index (χ4n) is 2.61. The van der Waals surface area contributed by atoms with Crippen LogP contribution in [0.2, 0.25) is 0 Å². The molecule has 146 valence electrons. The van der Waals surface area contributed by atoms with Gasteiger partial charge in [0.2, 0.25) is 5.75 Å². The summed E-state index contributed by atoms with van der Waals surface area (Å²) in [4.78, 5) is 14.9. The highest BCUT2D eigenvalue weighted by Crippen LogP contribution is 2.38. The summed E-state index contributed by atoms with van der Waals surface area (Å²) in [6, 6.07) is 9.42. The lowest BCUT2D eigenvalue weighted by atomic mass is 10.2. The van der Waals surface area contributed by atoms with Crippen LogP contribution in [0.4, 0.5) is 5.69 Å². The maximum Gasteiger partial charge on any atom is 0.311 e. The number of ether oxygens (including phenoxy) is 5. The predicted molar refractivity (Wildman–Crippen MR) is 101 cm³/mol.